The number of rotatable bonds is 8. The molecule has 1 aliphatic carbocycles. The Kier molecular flexibility index (Phi) is 6.21. The van der Waals surface area contributed by atoms with Crippen LogP contribution in [0.1, 0.15) is 24.0 Å². The van der Waals surface area contributed by atoms with E-state index in [1.807, 2.05) is 12.1 Å². The fraction of sp³-hybridized carbons (Fsp3) is 0.192. The van der Waals surface area contributed by atoms with Gasteiger partial charge in [0.2, 0.25) is 11.9 Å². The molecule has 1 saturated carbocycles. The largest absolute Gasteiger partial charge is 0.573 e. The highest BCUT2D eigenvalue weighted by Crippen LogP contribution is 2.31. The van der Waals surface area contributed by atoms with E-state index < -0.39 is 18.3 Å². The molecule has 0 bridgehead atoms. The van der Waals surface area contributed by atoms with E-state index in [1.54, 1.807) is 18.2 Å². The van der Waals surface area contributed by atoms with Crippen LogP contribution in [0.15, 0.2) is 60.4 Å². The third-order valence-corrected chi connectivity index (χ3v) is 6.16. The van der Waals surface area contributed by atoms with Crippen LogP contribution in [0.2, 0.25) is 0 Å². The highest BCUT2D eigenvalue weighted by Gasteiger charge is 2.31. The molecule has 3 heterocycles. The minimum atomic E-state index is -4.79. The minimum absolute atomic E-state index is 0.0652. The maximum atomic E-state index is 12.7. The summed E-state index contributed by atoms with van der Waals surface area (Å²) in [7, 11) is 0. The minimum Gasteiger partial charge on any atom is -0.406 e. The number of benzene rings is 2. The zero-order valence-corrected chi connectivity index (χ0v) is 20.6. The second kappa shape index (κ2) is 9.87. The van der Waals surface area contributed by atoms with Crippen LogP contribution in [0, 0.1) is 0 Å². The van der Waals surface area contributed by atoms with Crippen LogP contribution in [0.25, 0.3) is 22.9 Å². The molecule has 11 nitrogen and oxygen atoms in total. The normalized spacial score (nSPS) is 16.2. The summed E-state index contributed by atoms with van der Waals surface area (Å²) in [6, 6.07) is 12.7. The molecule has 0 unspecified atom stereocenters. The Morgan fingerprint density at radius 1 is 1.07 bits per heavy atom. The summed E-state index contributed by atoms with van der Waals surface area (Å²) in [6.07, 6.45) is 0.178. The van der Waals surface area contributed by atoms with Crippen molar-refractivity contribution in [3.05, 3.63) is 71.6 Å². The summed E-state index contributed by atoms with van der Waals surface area (Å²) < 4.78 is 43.8. The number of anilines is 2. The van der Waals surface area contributed by atoms with Gasteiger partial charge in [0.15, 0.2) is 5.65 Å². The Morgan fingerprint density at radius 2 is 1.90 bits per heavy atom. The molecule has 0 radical (unpaired) electrons. The van der Waals surface area contributed by atoms with E-state index in [2.05, 4.69) is 41.1 Å². The molecule has 204 valence electrons. The van der Waals surface area contributed by atoms with Crippen LogP contribution in [0.4, 0.5) is 29.9 Å². The van der Waals surface area contributed by atoms with Crippen molar-refractivity contribution in [1.82, 2.24) is 30.2 Å². The molecule has 6 rings (SSSR count). The molecule has 40 heavy (non-hydrogen) atoms. The molecule has 3 amide bonds. The first kappa shape index (κ1) is 25.2. The molecule has 2 aliphatic rings. The van der Waals surface area contributed by atoms with E-state index in [4.69, 9.17) is 0 Å². The summed E-state index contributed by atoms with van der Waals surface area (Å²) in [4.78, 5) is 32.7. The number of fused-ring (bicyclic) bond motifs is 1. The summed E-state index contributed by atoms with van der Waals surface area (Å²) in [5, 5.41) is 15.5. The van der Waals surface area contributed by atoms with Crippen LogP contribution in [-0.2, 0) is 11.3 Å². The van der Waals surface area contributed by atoms with Gasteiger partial charge in [-0.1, -0.05) is 36.4 Å². The lowest BCUT2D eigenvalue weighted by Crippen LogP contribution is -2.22. The highest BCUT2D eigenvalue weighted by atomic mass is 19.4. The standard InChI is InChI=1S/C26H21F3N8O3/c27-26(28,29)40-18-6-3-5-14(10-18)19-7-2-1-4-15(19)12-30-23-34-21-16(11-20-22(38)35-25(39)33-20)13-31-37(21)24(36-23)32-17-8-9-17/h1-7,10-11,13,17H,8-9,12H2,(H2,30,32,34,36)(H2,33,35,38,39)/b20-11-. The van der Waals surface area contributed by atoms with E-state index >= 15 is 0 Å². The molecule has 0 atom stereocenters. The van der Waals surface area contributed by atoms with Gasteiger partial charge in [0.1, 0.15) is 11.4 Å². The smallest absolute Gasteiger partial charge is 0.406 e. The number of urea groups is 1. The number of hydrogen-bond acceptors (Lipinski definition) is 8. The fourth-order valence-corrected chi connectivity index (χ4v) is 4.21. The summed E-state index contributed by atoms with van der Waals surface area (Å²) in [5.74, 6) is -0.161. The van der Waals surface area contributed by atoms with Gasteiger partial charge in [-0.3, -0.25) is 10.1 Å². The number of carbonyl (C=O) groups is 2. The van der Waals surface area contributed by atoms with Crippen molar-refractivity contribution in [2.75, 3.05) is 10.6 Å². The Hall–Kier alpha value is -5.14. The van der Waals surface area contributed by atoms with Gasteiger partial charge in [-0.05, 0) is 47.7 Å². The van der Waals surface area contributed by atoms with Crippen LogP contribution in [0.3, 0.4) is 0 Å². The molecule has 2 fully saturated rings. The van der Waals surface area contributed by atoms with Crippen molar-refractivity contribution in [2.24, 2.45) is 0 Å². The number of nitrogens with zero attached hydrogens (tertiary/aromatic N) is 4. The van der Waals surface area contributed by atoms with E-state index in [9.17, 15) is 22.8 Å². The van der Waals surface area contributed by atoms with Crippen molar-refractivity contribution < 1.29 is 27.5 Å². The topological polar surface area (TPSA) is 135 Å². The molecule has 0 spiro atoms. The van der Waals surface area contributed by atoms with Gasteiger partial charge >= 0.3 is 12.4 Å². The molecular formula is C26H21F3N8O3. The van der Waals surface area contributed by atoms with E-state index in [0.717, 1.165) is 18.4 Å². The predicted molar refractivity (Wildman–Crippen MR) is 138 cm³/mol. The van der Waals surface area contributed by atoms with Crippen molar-refractivity contribution in [1.29, 1.82) is 0 Å². The molecule has 4 N–H and O–H groups in total. The number of aromatic nitrogens is 4. The molecule has 1 aliphatic heterocycles. The number of nitrogens with one attached hydrogen (secondary N) is 4. The number of halogens is 3. The number of carbonyl (C=O) groups excluding carboxylic acids is 2. The number of ether oxygens (including phenoxy) is 1. The lowest BCUT2D eigenvalue weighted by molar-refractivity contribution is -0.274. The lowest BCUT2D eigenvalue weighted by atomic mass is 9.99. The molecular weight excluding hydrogens is 529 g/mol. The SMILES string of the molecule is O=C1NC(=O)/C(=C/c2cnn3c(NC4CC4)nc(NCc4ccccc4-c4cccc(OC(F)(F)F)c4)nc23)N1. The Bertz CT molecular complexity index is 1660. The summed E-state index contributed by atoms with van der Waals surface area (Å²) >= 11 is 0. The second-order valence-corrected chi connectivity index (χ2v) is 9.18. The summed E-state index contributed by atoms with van der Waals surface area (Å²) in [5.41, 5.74) is 2.99. The van der Waals surface area contributed by atoms with Gasteiger partial charge in [0.25, 0.3) is 5.91 Å². The van der Waals surface area contributed by atoms with Crippen molar-refractivity contribution in [3.63, 3.8) is 0 Å². The predicted octanol–water partition coefficient (Wildman–Crippen LogP) is 4.06. The maximum absolute atomic E-state index is 12.7. The quantitative estimate of drug-likeness (QED) is 0.191. The lowest BCUT2D eigenvalue weighted by Gasteiger charge is -2.14. The summed E-state index contributed by atoms with van der Waals surface area (Å²) in [6.45, 7) is 0.253. The van der Waals surface area contributed by atoms with Crippen molar-refractivity contribution >= 4 is 35.6 Å². The van der Waals surface area contributed by atoms with E-state index in [0.29, 0.717) is 28.3 Å². The van der Waals surface area contributed by atoms with Crippen molar-refractivity contribution in [2.45, 2.75) is 31.8 Å². The Morgan fingerprint density at radius 3 is 2.65 bits per heavy atom. The van der Waals surface area contributed by atoms with Crippen LogP contribution in [-0.4, -0.2) is 43.9 Å². The third-order valence-electron chi connectivity index (χ3n) is 6.16. The molecule has 1 saturated heterocycles. The van der Waals surface area contributed by atoms with Gasteiger partial charge in [-0.25, -0.2) is 4.79 Å². The fourth-order valence-electron chi connectivity index (χ4n) is 4.21. The van der Waals surface area contributed by atoms with Crippen LogP contribution < -0.4 is 26.0 Å². The average molecular weight is 551 g/mol. The van der Waals surface area contributed by atoms with E-state index in [-0.39, 0.29) is 30.0 Å². The molecule has 4 aromatic rings. The number of imide groups is 1. The van der Waals surface area contributed by atoms with E-state index in [1.165, 1.54) is 35.0 Å². The van der Waals surface area contributed by atoms with Gasteiger partial charge in [-0.2, -0.15) is 19.6 Å². The molecule has 2 aromatic carbocycles. The third kappa shape index (κ3) is 5.50. The van der Waals surface area contributed by atoms with Crippen LogP contribution in [0.5, 0.6) is 5.75 Å². The maximum Gasteiger partial charge on any atom is 0.573 e. The first-order chi connectivity index (χ1) is 19.2. The number of alkyl halides is 3. The Labute approximate surface area is 224 Å². The van der Waals surface area contributed by atoms with Gasteiger partial charge in [0.05, 0.1) is 6.20 Å². The van der Waals surface area contributed by atoms with Crippen LogP contribution >= 0.6 is 0 Å². The first-order valence-corrected chi connectivity index (χ1v) is 12.3. The highest BCUT2D eigenvalue weighted by molar-refractivity contribution is 6.14. The van der Waals surface area contributed by atoms with Gasteiger partial charge < -0.3 is 20.7 Å². The molecule has 2 aromatic heterocycles. The molecule has 14 heteroatoms. The monoisotopic (exact) mass is 550 g/mol. The number of hydrogen-bond donors (Lipinski definition) is 4. The average Bonchev–Trinajstić information content (AvgIpc) is 3.54. The van der Waals surface area contributed by atoms with Gasteiger partial charge in [-0.15, -0.1) is 13.2 Å². The zero-order chi connectivity index (χ0) is 27.9. The zero-order valence-electron chi connectivity index (χ0n) is 20.6. The van der Waals surface area contributed by atoms with Crippen molar-refractivity contribution in [3.8, 4) is 16.9 Å². The Balaban J connectivity index is 1.30. The number of amides is 3. The first-order valence-electron chi connectivity index (χ1n) is 12.3. The second-order valence-electron chi connectivity index (χ2n) is 9.18. The van der Waals surface area contributed by atoms with Gasteiger partial charge in [0, 0.05) is 18.2 Å².